The molecule has 0 bridgehead atoms. The van der Waals surface area contributed by atoms with E-state index in [9.17, 15) is 18.3 Å². The van der Waals surface area contributed by atoms with Gasteiger partial charge in [-0.05, 0) is 36.6 Å². The van der Waals surface area contributed by atoms with Crippen LogP contribution in [-0.4, -0.2) is 54.6 Å². The fourth-order valence-electron chi connectivity index (χ4n) is 4.92. The second-order valence-electron chi connectivity index (χ2n) is 9.27. The summed E-state index contributed by atoms with van der Waals surface area (Å²) in [6.07, 6.45) is 3.32. The smallest absolute Gasteiger partial charge is 0.333 e. The molecule has 1 aliphatic heterocycles. The highest BCUT2D eigenvalue weighted by molar-refractivity contribution is 7.84. The van der Waals surface area contributed by atoms with Crippen molar-refractivity contribution in [1.29, 1.82) is 0 Å². The molecule has 38 heavy (non-hydrogen) atoms. The molecule has 3 aromatic rings. The van der Waals surface area contributed by atoms with E-state index in [2.05, 4.69) is 19.5 Å². The SMILES string of the molecule is NS(=O)(=O)OC[C@H]1C[C@@H](Nc2ncncc2C(=O)c2cc(C3(c4cccc(Cl)c4)CCO3)c(Cl)s2)C[C@@H]1O. The molecule has 2 fully saturated rings. The maximum atomic E-state index is 13.6. The molecular formula is C24H24Cl2N4O6S2. The molecule has 4 N–H and O–H groups in total. The number of anilines is 1. The van der Waals surface area contributed by atoms with Gasteiger partial charge in [-0.25, -0.2) is 15.1 Å². The molecule has 1 saturated carbocycles. The first-order valence-electron chi connectivity index (χ1n) is 11.7. The maximum Gasteiger partial charge on any atom is 0.333 e. The predicted octanol–water partition coefficient (Wildman–Crippen LogP) is 3.51. The molecule has 0 spiro atoms. The van der Waals surface area contributed by atoms with Crippen molar-refractivity contribution in [1.82, 2.24) is 9.97 Å². The van der Waals surface area contributed by atoms with Crippen LogP contribution in [0.25, 0.3) is 0 Å². The van der Waals surface area contributed by atoms with E-state index in [-0.39, 0.29) is 24.0 Å². The lowest BCUT2D eigenvalue weighted by Crippen LogP contribution is -2.41. The number of nitrogens with zero attached hydrogens (tertiary/aromatic N) is 2. The van der Waals surface area contributed by atoms with Crippen molar-refractivity contribution in [2.75, 3.05) is 18.5 Å². The highest BCUT2D eigenvalue weighted by Crippen LogP contribution is 2.49. The van der Waals surface area contributed by atoms with Gasteiger partial charge in [0.05, 0.1) is 29.8 Å². The molecule has 202 valence electrons. The van der Waals surface area contributed by atoms with Crippen LogP contribution in [0, 0.1) is 5.92 Å². The Kier molecular flexibility index (Phi) is 7.77. The Labute approximate surface area is 233 Å². The number of halogens is 2. The number of aromatic nitrogens is 2. The molecule has 4 atom stereocenters. The highest BCUT2D eigenvalue weighted by atomic mass is 35.5. The number of rotatable bonds is 9. The van der Waals surface area contributed by atoms with E-state index < -0.39 is 27.9 Å². The molecule has 0 amide bonds. The Morgan fingerprint density at radius 1 is 1.32 bits per heavy atom. The number of hydrogen-bond acceptors (Lipinski definition) is 10. The number of carbonyl (C=O) groups is 1. The van der Waals surface area contributed by atoms with Crippen molar-refractivity contribution >= 4 is 56.4 Å². The number of aliphatic hydroxyl groups excluding tert-OH is 1. The Morgan fingerprint density at radius 2 is 2.11 bits per heavy atom. The summed E-state index contributed by atoms with van der Waals surface area (Å²) in [5.41, 5.74) is 1.02. The maximum absolute atomic E-state index is 13.6. The lowest BCUT2D eigenvalue weighted by atomic mass is 9.81. The summed E-state index contributed by atoms with van der Waals surface area (Å²) in [5, 5.41) is 19.0. The number of nitrogens with two attached hydrogens (primary N) is 1. The van der Waals surface area contributed by atoms with Gasteiger partial charge >= 0.3 is 10.3 Å². The number of ketones is 1. The molecule has 14 heteroatoms. The van der Waals surface area contributed by atoms with Crippen LogP contribution < -0.4 is 10.5 Å². The molecular weight excluding hydrogens is 575 g/mol. The zero-order chi connectivity index (χ0) is 27.1. The molecule has 3 heterocycles. The van der Waals surface area contributed by atoms with Gasteiger partial charge in [0.15, 0.2) is 0 Å². The molecule has 2 aromatic heterocycles. The van der Waals surface area contributed by atoms with E-state index in [1.807, 2.05) is 18.2 Å². The number of benzene rings is 1. The van der Waals surface area contributed by atoms with Gasteiger partial charge in [-0.3, -0.25) is 8.98 Å². The highest BCUT2D eigenvalue weighted by Gasteiger charge is 2.45. The summed E-state index contributed by atoms with van der Waals surface area (Å²) >= 11 is 14.0. The van der Waals surface area contributed by atoms with E-state index in [0.717, 1.165) is 16.9 Å². The van der Waals surface area contributed by atoms with E-state index in [1.165, 1.54) is 12.5 Å². The Morgan fingerprint density at radius 3 is 2.79 bits per heavy atom. The third-order valence-electron chi connectivity index (χ3n) is 6.84. The van der Waals surface area contributed by atoms with E-state index in [1.54, 1.807) is 12.1 Å². The molecule has 5 rings (SSSR count). The summed E-state index contributed by atoms with van der Waals surface area (Å²) in [5.74, 6) is -0.471. The van der Waals surface area contributed by atoms with Gasteiger partial charge < -0.3 is 15.2 Å². The molecule has 1 aliphatic carbocycles. The first-order valence-corrected chi connectivity index (χ1v) is 14.8. The Bertz CT molecular complexity index is 1460. The van der Waals surface area contributed by atoms with Crippen LogP contribution in [0.15, 0.2) is 42.9 Å². The van der Waals surface area contributed by atoms with Crippen molar-refractivity contribution in [3.63, 3.8) is 0 Å². The quantitative estimate of drug-likeness (QED) is 0.314. The molecule has 2 aliphatic rings. The van der Waals surface area contributed by atoms with Crippen molar-refractivity contribution in [3.8, 4) is 0 Å². The van der Waals surface area contributed by atoms with Crippen LogP contribution in [0.4, 0.5) is 5.82 Å². The first-order chi connectivity index (χ1) is 18.1. The minimum absolute atomic E-state index is 0.235. The Balaban J connectivity index is 1.36. The van der Waals surface area contributed by atoms with E-state index in [0.29, 0.717) is 51.5 Å². The van der Waals surface area contributed by atoms with Crippen molar-refractivity contribution in [3.05, 3.63) is 73.8 Å². The lowest BCUT2D eigenvalue weighted by molar-refractivity contribution is -0.123. The van der Waals surface area contributed by atoms with Gasteiger partial charge in [-0.2, -0.15) is 8.42 Å². The number of carbonyl (C=O) groups excluding carboxylic acids is 1. The van der Waals surface area contributed by atoms with Crippen LogP contribution in [-0.2, 0) is 24.8 Å². The molecule has 10 nitrogen and oxygen atoms in total. The topological polar surface area (TPSA) is 154 Å². The average molecular weight is 600 g/mol. The zero-order valence-corrected chi connectivity index (χ0v) is 23.0. The third kappa shape index (κ3) is 5.58. The monoisotopic (exact) mass is 598 g/mol. The lowest BCUT2D eigenvalue weighted by Gasteiger charge is -2.42. The molecule has 0 radical (unpaired) electrons. The number of aliphatic hydroxyl groups is 1. The van der Waals surface area contributed by atoms with Crippen LogP contribution in [0.2, 0.25) is 9.36 Å². The van der Waals surface area contributed by atoms with Gasteiger partial charge in [0.25, 0.3) is 0 Å². The van der Waals surface area contributed by atoms with Gasteiger partial charge in [-0.1, -0.05) is 35.3 Å². The van der Waals surface area contributed by atoms with Crippen molar-refractivity contribution < 1.29 is 27.2 Å². The predicted molar refractivity (Wildman–Crippen MR) is 143 cm³/mol. The summed E-state index contributed by atoms with van der Waals surface area (Å²) < 4.78 is 33.3. The van der Waals surface area contributed by atoms with Crippen LogP contribution in [0.5, 0.6) is 0 Å². The normalized spacial score (nSPS) is 25.2. The van der Waals surface area contributed by atoms with Crippen LogP contribution >= 0.6 is 34.5 Å². The number of nitrogens with one attached hydrogen (secondary N) is 1. The van der Waals surface area contributed by atoms with Crippen molar-refractivity contribution in [2.24, 2.45) is 11.1 Å². The molecule has 1 saturated heterocycles. The van der Waals surface area contributed by atoms with E-state index in [4.69, 9.17) is 33.1 Å². The van der Waals surface area contributed by atoms with Gasteiger partial charge in [-0.15, -0.1) is 11.3 Å². The number of ether oxygens (including phenoxy) is 1. The van der Waals surface area contributed by atoms with Gasteiger partial charge in [0, 0.05) is 35.2 Å². The second-order valence-corrected chi connectivity index (χ2v) is 12.6. The fraction of sp³-hybridized carbons (Fsp3) is 0.375. The first kappa shape index (κ1) is 27.4. The third-order valence-corrected chi connectivity index (χ3v) is 8.90. The minimum atomic E-state index is -4.11. The minimum Gasteiger partial charge on any atom is -0.393 e. The standard InChI is InChI=1S/C24H24Cl2N4O6S2/c25-15-3-1-2-14(7-15)24(4-5-35-24)18-9-20(37-22(18)26)21(32)17-10-28-12-29-23(17)30-16-6-13(19(31)8-16)11-36-38(27,33)34/h1-3,7,9-10,12-13,16,19,31H,4-6,8,11H2,(H2,27,33,34)(H,28,29,30)/t13-,16-,19+,24?/m1/s1. The summed E-state index contributed by atoms with van der Waals surface area (Å²) in [6.45, 7) is 0.319. The second kappa shape index (κ2) is 10.8. The summed E-state index contributed by atoms with van der Waals surface area (Å²) in [4.78, 5) is 22.3. The van der Waals surface area contributed by atoms with Gasteiger partial charge in [0.1, 0.15) is 22.1 Å². The van der Waals surface area contributed by atoms with Crippen LogP contribution in [0.3, 0.4) is 0 Å². The molecule has 1 aromatic carbocycles. The van der Waals surface area contributed by atoms with E-state index >= 15 is 0 Å². The average Bonchev–Trinajstić information content (AvgIpc) is 3.39. The largest absolute Gasteiger partial charge is 0.393 e. The summed E-state index contributed by atoms with van der Waals surface area (Å²) in [6, 6.07) is 8.84. The fourth-order valence-corrected chi connectivity index (χ4v) is 6.83. The summed E-state index contributed by atoms with van der Waals surface area (Å²) in [7, 11) is -4.11. The van der Waals surface area contributed by atoms with Gasteiger partial charge in [0.2, 0.25) is 5.78 Å². The molecule has 1 unspecified atom stereocenters. The number of thiophene rings is 1. The zero-order valence-electron chi connectivity index (χ0n) is 19.8. The van der Waals surface area contributed by atoms with Crippen molar-refractivity contribution in [2.45, 2.75) is 37.0 Å². The Hall–Kier alpha value is -2.16. The number of hydrogen-bond donors (Lipinski definition) is 3. The van der Waals surface area contributed by atoms with Crippen LogP contribution in [0.1, 0.15) is 45.6 Å².